The summed E-state index contributed by atoms with van der Waals surface area (Å²) in [5, 5.41) is 0. The second-order valence-electron chi connectivity index (χ2n) is 4.14. The molecule has 2 rings (SSSR count). The first-order valence-electron chi connectivity index (χ1n) is 5.47. The van der Waals surface area contributed by atoms with Gasteiger partial charge < -0.3 is 4.90 Å². The van der Waals surface area contributed by atoms with Crippen molar-refractivity contribution in [1.82, 2.24) is 9.97 Å². The van der Waals surface area contributed by atoms with Crippen molar-refractivity contribution in [2.75, 3.05) is 23.7 Å². The molecule has 6 nitrogen and oxygen atoms in total. The highest BCUT2D eigenvalue weighted by Crippen LogP contribution is 2.23. The summed E-state index contributed by atoms with van der Waals surface area (Å²) in [7, 11) is 0.0755. The van der Waals surface area contributed by atoms with Crippen LogP contribution in [-0.4, -0.2) is 32.5 Å². The van der Waals surface area contributed by atoms with Gasteiger partial charge in [0.15, 0.2) is 0 Å². The smallest absolute Gasteiger partial charge is 0.271 e. The van der Waals surface area contributed by atoms with Gasteiger partial charge in [-0.2, -0.15) is 0 Å². The molecule has 0 atom stereocenters. The predicted molar refractivity (Wildman–Crippen MR) is 76.2 cm³/mol. The molecular formula is C11H14N4O2S2. The molecule has 0 fully saturated rings. The minimum absolute atomic E-state index is 0.279. The van der Waals surface area contributed by atoms with Crippen molar-refractivity contribution in [3.63, 3.8) is 0 Å². The second-order valence-corrected chi connectivity index (χ2v) is 7.33. The molecule has 0 aliphatic carbocycles. The lowest BCUT2D eigenvalue weighted by atomic mass is 10.5. The summed E-state index contributed by atoms with van der Waals surface area (Å²) in [4.78, 5) is 10.8. The predicted octanol–water partition coefficient (Wildman–Crippen LogP) is 1.71. The first-order valence-corrected chi connectivity index (χ1v) is 7.77. The van der Waals surface area contributed by atoms with Gasteiger partial charge in [-0.05, 0) is 19.1 Å². The van der Waals surface area contributed by atoms with Gasteiger partial charge in [0, 0.05) is 19.0 Å². The van der Waals surface area contributed by atoms with Crippen LogP contribution in [0.1, 0.15) is 4.88 Å². The number of nitrogens with one attached hydrogen (secondary N) is 1. The number of hydrogen-bond donors (Lipinski definition) is 1. The Morgan fingerprint density at radius 1 is 1.21 bits per heavy atom. The van der Waals surface area contributed by atoms with Crippen LogP contribution in [0.25, 0.3) is 0 Å². The first kappa shape index (κ1) is 13.8. The highest BCUT2D eigenvalue weighted by molar-refractivity contribution is 7.94. The Balaban J connectivity index is 2.21. The van der Waals surface area contributed by atoms with Crippen molar-refractivity contribution in [2.45, 2.75) is 11.1 Å². The standard InChI is InChI=1S/C11H14N4O2S2/c1-8-4-5-10(18-8)19(16,17)14-9-6-12-11(13-7-9)15(2)3/h4-7,14H,1-3H3. The number of aryl methyl sites for hydroxylation is 1. The lowest BCUT2D eigenvalue weighted by Gasteiger charge is -2.10. The highest BCUT2D eigenvalue weighted by Gasteiger charge is 2.16. The van der Waals surface area contributed by atoms with Gasteiger partial charge in [0.2, 0.25) is 5.95 Å². The molecule has 2 aromatic heterocycles. The van der Waals surface area contributed by atoms with Crippen molar-refractivity contribution >= 4 is 33.0 Å². The minimum atomic E-state index is -3.55. The average molecular weight is 298 g/mol. The van der Waals surface area contributed by atoms with Gasteiger partial charge in [-0.15, -0.1) is 11.3 Å². The maximum absolute atomic E-state index is 12.1. The molecule has 0 aliphatic heterocycles. The molecule has 0 amide bonds. The molecule has 2 aromatic rings. The molecule has 2 heterocycles. The molecule has 0 radical (unpaired) electrons. The van der Waals surface area contributed by atoms with E-state index in [-0.39, 0.29) is 4.21 Å². The van der Waals surface area contributed by atoms with Gasteiger partial charge in [0.25, 0.3) is 10.0 Å². The summed E-state index contributed by atoms with van der Waals surface area (Å²) in [5.74, 6) is 0.523. The van der Waals surface area contributed by atoms with Crippen LogP contribution in [0.2, 0.25) is 0 Å². The average Bonchev–Trinajstić information content (AvgIpc) is 2.77. The van der Waals surface area contributed by atoms with E-state index in [0.29, 0.717) is 11.6 Å². The highest BCUT2D eigenvalue weighted by atomic mass is 32.2. The topological polar surface area (TPSA) is 75.2 Å². The summed E-state index contributed by atoms with van der Waals surface area (Å²) >= 11 is 1.22. The molecule has 102 valence electrons. The van der Waals surface area contributed by atoms with Crippen LogP contribution in [0.15, 0.2) is 28.7 Å². The van der Waals surface area contributed by atoms with E-state index < -0.39 is 10.0 Å². The molecule has 0 bridgehead atoms. The lowest BCUT2D eigenvalue weighted by molar-refractivity contribution is 0.603. The zero-order valence-electron chi connectivity index (χ0n) is 10.8. The number of sulfonamides is 1. The number of aromatic nitrogens is 2. The minimum Gasteiger partial charge on any atom is -0.347 e. The van der Waals surface area contributed by atoms with Crippen molar-refractivity contribution in [3.05, 3.63) is 29.4 Å². The Labute approximate surface area is 116 Å². The van der Waals surface area contributed by atoms with Gasteiger partial charge in [-0.3, -0.25) is 4.72 Å². The number of nitrogens with zero attached hydrogens (tertiary/aromatic N) is 3. The Bertz CT molecular complexity index is 662. The van der Waals surface area contributed by atoms with Crippen molar-refractivity contribution < 1.29 is 8.42 Å². The Hall–Kier alpha value is -1.67. The van der Waals surface area contributed by atoms with Crippen LogP contribution in [0.5, 0.6) is 0 Å². The lowest BCUT2D eigenvalue weighted by Crippen LogP contribution is -2.15. The van der Waals surface area contributed by atoms with E-state index in [1.54, 1.807) is 17.0 Å². The van der Waals surface area contributed by atoms with E-state index in [1.807, 2.05) is 21.0 Å². The summed E-state index contributed by atoms with van der Waals surface area (Å²) in [6.45, 7) is 1.86. The second kappa shape index (κ2) is 5.14. The van der Waals surface area contributed by atoms with Crippen LogP contribution in [0, 0.1) is 6.92 Å². The van der Waals surface area contributed by atoms with Gasteiger partial charge in [-0.25, -0.2) is 18.4 Å². The molecule has 8 heteroatoms. The van der Waals surface area contributed by atoms with E-state index in [4.69, 9.17) is 0 Å². The third-order valence-corrected chi connectivity index (χ3v) is 5.14. The molecule has 0 aliphatic rings. The number of thiophene rings is 1. The summed E-state index contributed by atoms with van der Waals surface area (Å²) in [6.07, 6.45) is 2.89. The molecule has 0 saturated carbocycles. The third kappa shape index (κ3) is 3.21. The number of anilines is 2. The van der Waals surface area contributed by atoms with Crippen LogP contribution < -0.4 is 9.62 Å². The quantitative estimate of drug-likeness (QED) is 0.930. The first-order chi connectivity index (χ1) is 8.88. The largest absolute Gasteiger partial charge is 0.347 e. The molecule has 0 saturated heterocycles. The zero-order chi connectivity index (χ0) is 14.0. The summed E-state index contributed by atoms with van der Waals surface area (Å²) in [5.41, 5.74) is 0.344. The van der Waals surface area contributed by atoms with Crippen LogP contribution in [0.4, 0.5) is 11.6 Å². The van der Waals surface area contributed by atoms with Crippen LogP contribution >= 0.6 is 11.3 Å². The van der Waals surface area contributed by atoms with Crippen LogP contribution in [-0.2, 0) is 10.0 Å². The molecule has 0 unspecified atom stereocenters. The summed E-state index contributed by atoms with van der Waals surface area (Å²) in [6, 6.07) is 3.35. The maximum Gasteiger partial charge on any atom is 0.271 e. The zero-order valence-corrected chi connectivity index (χ0v) is 12.4. The van der Waals surface area contributed by atoms with Gasteiger partial charge in [0.05, 0.1) is 18.1 Å². The van der Waals surface area contributed by atoms with Gasteiger partial charge in [0.1, 0.15) is 4.21 Å². The van der Waals surface area contributed by atoms with E-state index in [2.05, 4.69) is 14.7 Å². The molecular weight excluding hydrogens is 284 g/mol. The number of hydrogen-bond acceptors (Lipinski definition) is 6. The van der Waals surface area contributed by atoms with Crippen molar-refractivity contribution in [1.29, 1.82) is 0 Å². The van der Waals surface area contributed by atoms with Crippen molar-refractivity contribution in [3.8, 4) is 0 Å². The summed E-state index contributed by atoms with van der Waals surface area (Å²) < 4.78 is 26.9. The monoisotopic (exact) mass is 298 g/mol. The Kier molecular flexibility index (Phi) is 3.72. The van der Waals surface area contributed by atoms with E-state index in [9.17, 15) is 8.42 Å². The van der Waals surface area contributed by atoms with E-state index in [0.717, 1.165) is 4.88 Å². The Morgan fingerprint density at radius 3 is 2.32 bits per heavy atom. The molecule has 0 spiro atoms. The molecule has 0 aromatic carbocycles. The normalized spacial score (nSPS) is 11.3. The Morgan fingerprint density at radius 2 is 1.84 bits per heavy atom. The fourth-order valence-electron chi connectivity index (χ4n) is 1.37. The third-order valence-electron chi connectivity index (χ3n) is 2.27. The molecule has 1 N–H and O–H groups in total. The number of rotatable bonds is 4. The van der Waals surface area contributed by atoms with E-state index in [1.165, 1.54) is 23.7 Å². The maximum atomic E-state index is 12.1. The van der Waals surface area contributed by atoms with Crippen molar-refractivity contribution in [2.24, 2.45) is 0 Å². The van der Waals surface area contributed by atoms with E-state index >= 15 is 0 Å². The fourth-order valence-corrected chi connectivity index (χ4v) is 3.68. The van der Waals surface area contributed by atoms with Gasteiger partial charge >= 0.3 is 0 Å². The van der Waals surface area contributed by atoms with Crippen LogP contribution in [0.3, 0.4) is 0 Å². The van der Waals surface area contributed by atoms with Gasteiger partial charge in [-0.1, -0.05) is 0 Å². The molecule has 19 heavy (non-hydrogen) atoms. The fraction of sp³-hybridized carbons (Fsp3) is 0.273. The SMILES string of the molecule is Cc1ccc(S(=O)(=O)Nc2cnc(N(C)C)nc2)s1.